The normalized spacial score (nSPS) is 11.2. The Bertz CT molecular complexity index is 636. The van der Waals surface area contributed by atoms with Gasteiger partial charge < -0.3 is 10.1 Å². The van der Waals surface area contributed by atoms with Crippen LogP contribution < -0.4 is 10.1 Å². The van der Waals surface area contributed by atoms with Crippen molar-refractivity contribution in [3.8, 4) is 5.75 Å². The molecule has 0 radical (unpaired) electrons. The predicted octanol–water partition coefficient (Wildman–Crippen LogP) is 4.56. The number of hydrogen-bond donors (Lipinski definition) is 1. The Hall–Kier alpha value is -1.54. The molecule has 0 saturated heterocycles. The molecule has 1 unspecified atom stereocenters. The first-order chi connectivity index (χ1) is 10.5. The molecule has 1 heterocycles. The zero-order chi connectivity index (χ0) is 16.7. The molecule has 1 N–H and O–H groups in total. The number of benzene rings is 1. The SMILES string of the molecule is CC.CC(=O)Nc1nc(C(C)Oc2ccc(Br)cc2F)ns1. The van der Waals surface area contributed by atoms with Crippen LogP contribution in [-0.2, 0) is 4.79 Å². The summed E-state index contributed by atoms with van der Waals surface area (Å²) in [6, 6.07) is 4.53. The first kappa shape index (κ1) is 18.5. The van der Waals surface area contributed by atoms with Crippen LogP contribution in [0, 0.1) is 5.82 Å². The van der Waals surface area contributed by atoms with Gasteiger partial charge in [-0.1, -0.05) is 29.8 Å². The minimum atomic E-state index is -0.524. The Labute approximate surface area is 141 Å². The Kier molecular flexibility index (Phi) is 7.40. The number of anilines is 1. The Morgan fingerprint density at radius 2 is 2.14 bits per heavy atom. The van der Waals surface area contributed by atoms with E-state index in [-0.39, 0.29) is 11.7 Å². The average molecular weight is 390 g/mol. The molecular formula is C14H17BrFN3O2S. The van der Waals surface area contributed by atoms with Crippen LogP contribution in [0.4, 0.5) is 9.52 Å². The smallest absolute Gasteiger partial charge is 0.223 e. The van der Waals surface area contributed by atoms with Crippen LogP contribution in [-0.4, -0.2) is 15.3 Å². The quantitative estimate of drug-likeness (QED) is 0.831. The molecule has 1 aromatic heterocycles. The number of rotatable bonds is 4. The molecule has 0 saturated carbocycles. The fourth-order valence-corrected chi connectivity index (χ4v) is 2.44. The number of amides is 1. The van der Waals surface area contributed by atoms with E-state index in [1.165, 1.54) is 19.1 Å². The maximum atomic E-state index is 13.7. The molecule has 0 aliphatic carbocycles. The molecule has 5 nitrogen and oxygen atoms in total. The summed E-state index contributed by atoms with van der Waals surface area (Å²) in [6.45, 7) is 7.10. The summed E-state index contributed by atoms with van der Waals surface area (Å²) < 4.78 is 23.8. The number of halogens is 2. The number of carbonyl (C=O) groups excluding carboxylic acids is 1. The second-order valence-electron chi connectivity index (χ2n) is 3.97. The van der Waals surface area contributed by atoms with Gasteiger partial charge in [-0.3, -0.25) is 4.79 Å². The highest BCUT2D eigenvalue weighted by molar-refractivity contribution is 9.10. The minimum absolute atomic E-state index is 0.122. The predicted molar refractivity (Wildman–Crippen MR) is 88.7 cm³/mol. The number of carbonyl (C=O) groups is 1. The summed E-state index contributed by atoms with van der Waals surface area (Å²) in [7, 11) is 0. The van der Waals surface area contributed by atoms with Gasteiger partial charge in [0.15, 0.2) is 23.5 Å². The summed E-state index contributed by atoms with van der Waals surface area (Å²) in [4.78, 5) is 15.0. The number of ether oxygens (including phenoxy) is 1. The molecule has 120 valence electrons. The largest absolute Gasteiger partial charge is 0.480 e. The number of aromatic nitrogens is 2. The third kappa shape index (κ3) is 5.34. The van der Waals surface area contributed by atoms with Gasteiger partial charge in [0.1, 0.15) is 0 Å². The van der Waals surface area contributed by atoms with Gasteiger partial charge in [-0.2, -0.15) is 9.36 Å². The summed E-state index contributed by atoms with van der Waals surface area (Å²) in [5, 5.41) is 2.92. The van der Waals surface area contributed by atoms with Crippen molar-refractivity contribution in [2.45, 2.75) is 33.8 Å². The van der Waals surface area contributed by atoms with Crippen molar-refractivity contribution in [2.24, 2.45) is 0 Å². The number of nitrogens with one attached hydrogen (secondary N) is 1. The molecule has 1 amide bonds. The Morgan fingerprint density at radius 1 is 1.45 bits per heavy atom. The van der Waals surface area contributed by atoms with Crippen molar-refractivity contribution in [3.05, 3.63) is 34.3 Å². The fourth-order valence-electron chi connectivity index (χ4n) is 1.42. The van der Waals surface area contributed by atoms with Gasteiger partial charge in [0.2, 0.25) is 11.0 Å². The summed E-state index contributed by atoms with van der Waals surface area (Å²) >= 11 is 4.22. The molecule has 22 heavy (non-hydrogen) atoms. The molecule has 0 aliphatic rings. The highest BCUT2D eigenvalue weighted by Gasteiger charge is 2.16. The first-order valence-electron chi connectivity index (χ1n) is 6.68. The van der Waals surface area contributed by atoms with E-state index in [9.17, 15) is 9.18 Å². The molecule has 1 aromatic carbocycles. The first-order valence-corrected chi connectivity index (χ1v) is 8.25. The average Bonchev–Trinajstić information content (AvgIpc) is 2.92. The van der Waals surface area contributed by atoms with Crippen LogP contribution >= 0.6 is 27.5 Å². The molecule has 0 fully saturated rings. The molecule has 2 aromatic rings. The van der Waals surface area contributed by atoms with Crippen LogP contribution in [0.3, 0.4) is 0 Å². The van der Waals surface area contributed by atoms with Crippen molar-refractivity contribution in [1.29, 1.82) is 0 Å². The fraction of sp³-hybridized carbons (Fsp3) is 0.357. The molecule has 8 heteroatoms. The molecular weight excluding hydrogens is 373 g/mol. The summed E-state index contributed by atoms with van der Waals surface area (Å²) in [5.74, 6) is -0.179. The summed E-state index contributed by atoms with van der Waals surface area (Å²) in [6.07, 6.45) is -0.524. The van der Waals surface area contributed by atoms with E-state index in [1.54, 1.807) is 13.0 Å². The topological polar surface area (TPSA) is 64.1 Å². The zero-order valence-corrected chi connectivity index (χ0v) is 15.1. The lowest BCUT2D eigenvalue weighted by Gasteiger charge is -2.12. The lowest BCUT2D eigenvalue weighted by Crippen LogP contribution is -2.08. The minimum Gasteiger partial charge on any atom is -0.480 e. The van der Waals surface area contributed by atoms with Gasteiger partial charge in [0, 0.05) is 22.9 Å². The van der Waals surface area contributed by atoms with Gasteiger partial charge in [0.25, 0.3) is 0 Å². The van der Waals surface area contributed by atoms with E-state index in [1.807, 2.05) is 13.8 Å². The summed E-state index contributed by atoms with van der Waals surface area (Å²) in [5.41, 5.74) is 0. The van der Waals surface area contributed by atoms with Gasteiger partial charge in [-0.05, 0) is 25.1 Å². The highest BCUT2D eigenvalue weighted by Crippen LogP contribution is 2.26. The molecule has 2 rings (SSSR count). The standard InChI is InChI=1S/C12H11BrFN3O2S.C2H6/c1-6(11-16-12(20-17-11)15-7(2)18)19-10-4-3-8(13)5-9(10)14;1-2/h3-6H,1-2H3,(H,15,16,17,18);1-2H3. The van der Waals surface area contributed by atoms with Crippen LogP contribution in [0.2, 0.25) is 0 Å². The molecule has 1 atom stereocenters. The molecule has 0 aliphatic heterocycles. The van der Waals surface area contributed by atoms with Crippen LogP contribution in [0.5, 0.6) is 5.75 Å². The third-order valence-corrected chi connectivity index (χ3v) is 3.42. The van der Waals surface area contributed by atoms with Crippen molar-refractivity contribution in [2.75, 3.05) is 5.32 Å². The van der Waals surface area contributed by atoms with E-state index >= 15 is 0 Å². The zero-order valence-electron chi connectivity index (χ0n) is 12.7. The van der Waals surface area contributed by atoms with Crippen molar-refractivity contribution < 1.29 is 13.9 Å². The van der Waals surface area contributed by atoms with E-state index < -0.39 is 11.9 Å². The van der Waals surface area contributed by atoms with E-state index in [2.05, 4.69) is 30.6 Å². The number of nitrogens with zero attached hydrogens (tertiary/aromatic N) is 2. The Morgan fingerprint density at radius 3 is 2.73 bits per heavy atom. The second-order valence-corrected chi connectivity index (χ2v) is 5.64. The molecule has 0 bridgehead atoms. The highest BCUT2D eigenvalue weighted by atomic mass is 79.9. The van der Waals surface area contributed by atoms with Crippen LogP contribution in [0.1, 0.15) is 39.6 Å². The third-order valence-electron chi connectivity index (χ3n) is 2.29. The molecule has 0 spiro atoms. The second kappa shape index (κ2) is 8.79. The van der Waals surface area contributed by atoms with Crippen LogP contribution in [0.25, 0.3) is 0 Å². The maximum Gasteiger partial charge on any atom is 0.223 e. The monoisotopic (exact) mass is 389 g/mol. The van der Waals surface area contributed by atoms with Gasteiger partial charge in [0.05, 0.1) is 0 Å². The van der Waals surface area contributed by atoms with E-state index in [4.69, 9.17) is 4.74 Å². The van der Waals surface area contributed by atoms with Gasteiger partial charge in [-0.25, -0.2) is 4.39 Å². The van der Waals surface area contributed by atoms with Crippen molar-refractivity contribution >= 4 is 38.5 Å². The van der Waals surface area contributed by atoms with E-state index in [0.717, 1.165) is 11.5 Å². The number of hydrogen-bond acceptors (Lipinski definition) is 5. The lowest BCUT2D eigenvalue weighted by molar-refractivity contribution is -0.114. The van der Waals surface area contributed by atoms with Gasteiger partial charge >= 0.3 is 0 Å². The van der Waals surface area contributed by atoms with Crippen LogP contribution in [0.15, 0.2) is 22.7 Å². The Balaban J connectivity index is 0.00000116. The van der Waals surface area contributed by atoms with Crippen molar-refractivity contribution in [1.82, 2.24) is 9.36 Å². The van der Waals surface area contributed by atoms with Gasteiger partial charge in [-0.15, -0.1) is 0 Å². The van der Waals surface area contributed by atoms with Crippen molar-refractivity contribution in [3.63, 3.8) is 0 Å². The maximum absolute atomic E-state index is 13.7. The van der Waals surface area contributed by atoms with E-state index in [0.29, 0.717) is 15.4 Å². The lowest BCUT2D eigenvalue weighted by atomic mass is 10.3.